The second-order valence-electron chi connectivity index (χ2n) is 7.40. The molecule has 1 N–H and O–H groups in total. The zero-order valence-corrected chi connectivity index (χ0v) is 17.1. The van der Waals surface area contributed by atoms with Crippen molar-refractivity contribution in [3.63, 3.8) is 0 Å². The highest BCUT2D eigenvalue weighted by Gasteiger charge is 2.44. The molecule has 2 fully saturated rings. The van der Waals surface area contributed by atoms with Crippen molar-refractivity contribution in [1.82, 2.24) is 20.1 Å². The third-order valence-corrected chi connectivity index (χ3v) is 7.35. The molecule has 1 saturated heterocycles. The summed E-state index contributed by atoms with van der Waals surface area (Å²) in [5.74, 6) is 1.87. The molecule has 2 aromatic rings. The van der Waals surface area contributed by atoms with E-state index in [1.807, 2.05) is 17.0 Å². The summed E-state index contributed by atoms with van der Waals surface area (Å²) in [6, 6.07) is 4.16. The smallest absolute Gasteiger partial charge is 0.282 e. The maximum Gasteiger partial charge on any atom is 0.282 e. The Balaban J connectivity index is 1.27. The van der Waals surface area contributed by atoms with Gasteiger partial charge in [-0.2, -0.15) is 0 Å². The molecular weight excluding hydrogens is 430 g/mol. The first-order valence-electron chi connectivity index (χ1n) is 9.29. The van der Waals surface area contributed by atoms with Crippen LogP contribution in [0, 0.1) is 11.8 Å². The van der Waals surface area contributed by atoms with Crippen LogP contribution in [0.5, 0.6) is 0 Å². The number of aromatic nitrogens is 3. The number of halogens is 1. The standard InChI is InChI=1S/C18H20BrN5O2S/c19-15-3-4-16(23-22-15)20-12-2-1-10-7-24(8-11(10)12)18(25)17-21-13-9-26-6-5-14(13)27-17/h3-4,10-12H,1-2,5-9H2,(H,20,23)/t10-,11+,12+/m0/s1. The maximum atomic E-state index is 13.0. The molecule has 1 amide bonds. The van der Waals surface area contributed by atoms with Gasteiger partial charge in [0.25, 0.3) is 5.91 Å². The number of carbonyl (C=O) groups excluding carboxylic acids is 1. The van der Waals surface area contributed by atoms with Crippen LogP contribution in [0.4, 0.5) is 5.82 Å². The Morgan fingerprint density at radius 1 is 1.30 bits per heavy atom. The first-order chi connectivity index (χ1) is 13.2. The van der Waals surface area contributed by atoms with Crippen LogP contribution in [0.3, 0.4) is 0 Å². The Morgan fingerprint density at radius 3 is 3.04 bits per heavy atom. The van der Waals surface area contributed by atoms with Crippen LogP contribution in [0.1, 0.15) is 33.2 Å². The van der Waals surface area contributed by atoms with E-state index in [0.29, 0.717) is 29.5 Å². The van der Waals surface area contributed by atoms with Gasteiger partial charge < -0.3 is 15.0 Å². The molecule has 0 unspecified atom stereocenters. The number of nitrogens with zero attached hydrogens (tertiary/aromatic N) is 4. The molecule has 27 heavy (non-hydrogen) atoms. The Morgan fingerprint density at radius 2 is 2.22 bits per heavy atom. The average molecular weight is 450 g/mol. The molecule has 1 aliphatic carbocycles. The quantitative estimate of drug-likeness (QED) is 0.775. The van der Waals surface area contributed by atoms with Crippen molar-refractivity contribution < 1.29 is 9.53 Å². The van der Waals surface area contributed by atoms with Crippen molar-refractivity contribution in [2.75, 3.05) is 25.0 Å². The van der Waals surface area contributed by atoms with Crippen molar-refractivity contribution in [1.29, 1.82) is 0 Å². The summed E-state index contributed by atoms with van der Waals surface area (Å²) in [5.41, 5.74) is 0.947. The largest absolute Gasteiger partial charge is 0.375 e. The molecule has 0 aromatic carbocycles. The van der Waals surface area contributed by atoms with E-state index in [2.05, 4.69) is 36.4 Å². The second-order valence-corrected chi connectivity index (χ2v) is 9.29. The Kier molecular flexibility index (Phi) is 4.61. The number of hydrogen-bond donors (Lipinski definition) is 1. The monoisotopic (exact) mass is 449 g/mol. The van der Waals surface area contributed by atoms with Crippen LogP contribution in [0.2, 0.25) is 0 Å². The molecule has 9 heteroatoms. The second kappa shape index (κ2) is 7.10. The van der Waals surface area contributed by atoms with E-state index in [-0.39, 0.29) is 5.91 Å². The molecule has 3 atom stereocenters. The van der Waals surface area contributed by atoms with Gasteiger partial charge in [-0.1, -0.05) is 0 Å². The summed E-state index contributed by atoms with van der Waals surface area (Å²) in [6.07, 6.45) is 3.11. The Bertz CT molecular complexity index is 834. The molecule has 142 valence electrons. The Hall–Kier alpha value is -1.58. The number of hydrogen-bond acceptors (Lipinski definition) is 7. The van der Waals surface area contributed by atoms with E-state index in [0.717, 1.165) is 55.1 Å². The number of ether oxygens (including phenoxy) is 1. The number of thiazole rings is 1. The normalized spacial score (nSPS) is 26.7. The zero-order valence-electron chi connectivity index (χ0n) is 14.7. The SMILES string of the molecule is O=C(c1nc2c(s1)CCOC2)N1C[C@@H]2CC[C@@H](Nc3ccc(Br)nn3)[C@@H]2C1. The predicted octanol–water partition coefficient (Wildman–Crippen LogP) is 2.73. The van der Waals surface area contributed by atoms with Gasteiger partial charge in [0, 0.05) is 36.3 Å². The van der Waals surface area contributed by atoms with Gasteiger partial charge in [0.2, 0.25) is 0 Å². The molecule has 3 aliphatic rings. The van der Waals surface area contributed by atoms with Crippen molar-refractivity contribution in [3.8, 4) is 0 Å². The number of nitrogens with one attached hydrogen (secondary N) is 1. The minimum Gasteiger partial charge on any atom is -0.375 e. The molecule has 0 radical (unpaired) electrons. The number of carbonyl (C=O) groups is 1. The van der Waals surface area contributed by atoms with Gasteiger partial charge >= 0.3 is 0 Å². The first kappa shape index (κ1) is 17.5. The van der Waals surface area contributed by atoms with Crippen LogP contribution in [0.25, 0.3) is 0 Å². The number of anilines is 1. The van der Waals surface area contributed by atoms with E-state index in [4.69, 9.17) is 4.74 Å². The molecule has 5 rings (SSSR count). The topological polar surface area (TPSA) is 80.2 Å². The Labute approximate surface area is 169 Å². The number of amides is 1. The van der Waals surface area contributed by atoms with Gasteiger partial charge in [-0.25, -0.2) is 4.98 Å². The van der Waals surface area contributed by atoms with E-state index >= 15 is 0 Å². The molecule has 2 aliphatic heterocycles. The van der Waals surface area contributed by atoms with Crippen LogP contribution >= 0.6 is 27.3 Å². The third-order valence-electron chi connectivity index (χ3n) is 5.78. The summed E-state index contributed by atoms with van der Waals surface area (Å²) in [5, 5.41) is 12.4. The molecule has 1 saturated carbocycles. The van der Waals surface area contributed by atoms with Crippen LogP contribution in [0.15, 0.2) is 16.7 Å². The lowest BCUT2D eigenvalue weighted by molar-refractivity contribution is 0.0778. The molecule has 0 spiro atoms. The summed E-state index contributed by atoms with van der Waals surface area (Å²) >= 11 is 4.85. The summed E-state index contributed by atoms with van der Waals surface area (Å²) in [4.78, 5) is 20.7. The number of rotatable bonds is 3. The van der Waals surface area contributed by atoms with Crippen molar-refractivity contribution in [2.24, 2.45) is 11.8 Å². The highest BCUT2D eigenvalue weighted by atomic mass is 79.9. The average Bonchev–Trinajstić information content (AvgIpc) is 3.38. The fourth-order valence-corrected chi connectivity index (χ4v) is 5.67. The minimum atomic E-state index is 0.0750. The number of likely N-dealkylation sites (tertiary alicyclic amines) is 1. The molecule has 7 nitrogen and oxygen atoms in total. The van der Waals surface area contributed by atoms with Crippen molar-refractivity contribution >= 4 is 39.0 Å². The van der Waals surface area contributed by atoms with E-state index in [1.165, 1.54) is 4.88 Å². The first-order valence-corrected chi connectivity index (χ1v) is 10.9. The summed E-state index contributed by atoms with van der Waals surface area (Å²) in [6.45, 7) is 2.87. The van der Waals surface area contributed by atoms with Gasteiger partial charge in [0.05, 0.1) is 18.9 Å². The lowest BCUT2D eigenvalue weighted by atomic mass is 9.98. The van der Waals surface area contributed by atoms with Crippen LogP contribution in [-0.2, 0) is 17.8 Å². The highest BCUT2D eigenvalue weighted by Crippen LogP contribution is 2.40. The molecule has 0 bridgehead atoms. The summed E-state index contributed by atoms with van der Waals surface area (Å²) in [7, 11) is 0. The van der Waals surface area contributed by atoms with Crippen LogP contribution < -0.4 is 5.32 Å². The van der Waals surface area contributed by atoms with Gasteiger partial charge in [-0.15, -0.1) is 21.5 Å². The summed E-state index contributed by atoms with van der Waals surface area (Å²) < 4.78 is 6.18. The third kappa shape index (κ3) is 3.36. The fraction of sp³-hybridized carbons (Fsp3) is 0.556. The maximum absolute atomic E-state index is 13.0. The van der Waals surface area contributed by atoms with E-state index < -0.39 is 0 Å². The highest BCUT2D eigenvalue weighted by molar-refractivity contribution is 9.10. The molecule has 4 heterocycles. The predicted molar refractivity (Wildman–Crippen MR) is 105 cm³/mol. The van der Waals surface area contributed by atoms with Crippen molar-refractivity contribution in [3.05, 3.63) is 32.3 Å². The van der Waals surface area contributed by atoms with Gasteiger partial charge in [0.15, 0.2) is 5.01 Å². The van der Waals surface area contributed by atoms with Crippen LogP contribution in [-0.4, -0.2) is 51.7 Å². The lowest BCUT2D eigenvalue weighted by Crippen LogP contribution is -2.33. The van der Waals surface area contributed by atoms with Gasteiger partial charge in [-0.3, -0.25) is 4.79 Å². The van der Waals surface area contributed by atoms with Crippen molar-refractivity contribution in [2.45, 2.75) is 31.9 Å². The van der Waals surface area contributed by atoms with Gasteiger partial charge in [-0.05, 0) is 46.8 Å². The minimum absolute atomic E-state index is 0.0750. The van der Waals surface area contributed by atoms with E-state index in [9.17, 15) is 4.79 Å². The number of fused-ring (bicyclic) bond motifs is 2. The zero-order chi connectivity index (χ0) is 18.4. The molecule has 2 aromatic heterocycles. The molecular formula is C18H20BrN5O2S. The van der Waals surface area contributed by atoms with Gasteiger partial charge in [0.1, 0.15) is 10.4 Å². The lowest BCUT2D eigenvalue weighted by Gasteiger charge is -2.21. The fourth-order valence-electron chi connectivity index (χ4n) is 4.45. The van der Waals surface area contributed by atoms with E-state index in [1.54, 1.807) is 11.3 Å².